The maximum absolute atomic E-state index is 14.1. The van der Waals surface area contributed by atoms with E-state index in [4.69, 9.17) is 14.2 Å². The summed E-state index contributed by atoms with van der Waals surface area (Å²) in [6, 6.07) is 11.6. The number of halogens is 6. The molecule has 0 aliphatic rings. The Kier molecular flexibility index (Phi) is 7.86. The lowest BCUT2D eigenvalue weighted by Gasteiger charge is -2.21. The van der Waals surface area contributed by atoms with Gasteiger partial charge in [0, 0.05) is 6.07 Å². The van der Waals surface area contributed by atoms with E-state index >= 15 is 0 Å². The van der Waals surface area contributed by atoms with E-state index in [2.05, 4.69) is 0 Å². The summed E-state index contributed by atoms with van der Waals surface area (Å²) in [5.74, 6) is -4.88. The Morgan fingerprint density at radius 1 is 0.818 bits per heavy atom. The van der Waals surface area contributed by atoms with E-state index in [9.17, 15) is 26.3 Å². The number of alkyl halides is 3. The Hall–Kier alpha value is -3.20. The minimum Gasteiger partial charge on any atom is -0.494 e. The minimum absolute atomic E-state index is 0.0147. The molecular formula is C24H20F6O3. The molecule has 0 radical (unpaired) electrons. The molecule has 0 N–H and O–H groups in total. The summed E-state index contributed by atoms with van der Waals surface area (Å²) in [6.07, 6.45) is -4.55. The van der Waals surface area contributed by atoms with Crippen LogP contribution in [0.15, 0.2) is 60.7 Å². The highest BCUT2D eigenvalue weighted by Crippen LogP contribution is 2.36. The number of hydrogen-bond donors (Lipinski definition) is 0. The van der Waals surface area contributed by atoms with Crippen molar-refractivity contribution >= 4 is 0 Å². The molecule has 0 saturated heterocycles. The monoisotopic (exact) mass is 470 g/mol. The highest BCUT2D eigenvalue weighted by Gasteiger charge is 2.40. The van der Waals surface area contributed by atoms with Crippen molar-refractivity contribution in [2.75, 3.05) is 13.2 Å². The zero-order chi connectivity index (χ0) is 24.0. The standard InChI is InChI=1S/C24H20F6O3/c1-2-32-18-7-4-16(5-8-18)19(24(28,29)30)14-31-13-15-3-9-20(26)23(11-15)33-22-10-6-17(25)12-21(22)27/h3-12,19H,2,13-14H2,1H3. The van der Waals surface area contributed by atoms with Gasteiger partial charge in [-0.05, 0) is 54.4 Å². The summed E-state index contributed by atoms with van der Waals surface area (Å²) < 4.78 is 97.2. The van der Waals surface area contributed by atoms with Crippen LogP contribution >= 0.6 is 0 Å². The first-order chi connectivity index (χ1) is 15.7. The number of benzene rings is 3. The molecule has 1 atom stereocenters. The summed E-state index contributed by atoms with van der Waals surface area (Å²) in [6.45, 7) is 1.22. The molecule has 176 valence electrons. The lowest BCUT2D eigenvalue weighted by molar-refractivity contribution is -0.163. The molecular weight excluding hydrogens is 450 g/mol. The van der Waals surface area contributed by atoms with Crippen LogP contribution in [0.25, 0.3) is 0 Å². The third-order valence-electron chi connectivity index (χ3n) is 4.65. The lowest BCUT2D eigenvalue weighted by Crippen LogP contribution is -2.25. The predicted octanol–water partition coefficient (Wildman–Crippen LogP) is 7.16. The van der Waals surface area contributed by atoms with Gasteiger partial charge in [-0.15, -0.1) is 0 Å². The highest BCUT2D eigenvalue weighted by molar-refractivity contribution is 5.36. The predicted molar refractivity (Wildman–Crippen MR) is 109 cm³/mol. The van der Waals surface area contributed by atoms with Crippen LogP contribution in [0.3, 0.4) is 0 Å². The number of rotatable bonds is 9. The van der Waals surface area contributed by atoms with Crippen LogP contribution in [-0.2, 0) is 11.3 Å². The molecule has 0 bridgehead atoms. The molecule has 0 aliphatic heterocycles. The van der Waals surface area contributed by atoms with Gasteiger partial charge in [0.1, 0.15) is 17.5 Å². The highest BCUT2D eigenvalue weighted by atomic mass is 19.4. The zero-order valence-electron chi connectivity index (χ0n) is 17.5. The maximum Gasteiger partial charge on any atom is 0.397 e. The van der Waals surface area contributed by atoms with E-state index in [0.717, 1.165) is 18.2 Å². The van der Waals surface area contributed by atoms with Crippen LogP contribution in [0, 0.1) is 17.5 Å². The first kappa shape index (κ1) is 24.4. The van der Waals surface area contributed by atoms with Crippen molar-refractivity contribution in [3.8, 4) is 17.2 Å². The zero-order valence-corrected chi connectivity index (χ0v) is 17.5. The van der Waals surface area contributed by atoms with Gasteiger partial charge in [-0.2, -0.15) is 13.2 Å². The van der Waals surface area contributed by atoms with Crippen LogP contribution in [0.2, 0.25) is 0 Å². The van der Waals surface area contributed by atoms with Crippen molar-refractivity contribution in [3.05, 3.63) is 89.2 Å². The molecule has 0 aromatic heterocycles. The number of ether oxygens (including phenoxy) is 3. The average Bonchev–Trinajstić information content (AvgIpc) is 2.75. The second kappa shape index (κ2) is 10.6. The molecule has 3 aromatic carbocycles. The Bertz CT molecular complexity index is 1070. The molecule has 3 rings (SSSR count). The van der Waals surface area contributed by atoms with Gasteiger partial charge < -0.3 is 14.2 Å². The molecule has 3 aromatic rings. The van der Waals surface area contributed by atoms with Gasteiger partial charge in [0.25, 0.3) is 0 Å². The molecule has 0 saturated carbocycles. The first-order valence-electron chi connectivity index (χ1n) is 9.96. The first-order valence-corrected chi connectivity index (χ1v) is 9.96. The molecule has 33 heavy (non-hydrogen) atoms. The Balaban J connectivity index is 1.68. The van der Waals surface area contributed by atoms with Crippen LogP contribution in [0.4, 0.5) is 26.3 Å². The lowest BCUT2D eigenvalue weighted by atomic mass is 9.99. The molecule has 0 aliphatic carbocycles. The molecule has 0 heterocycles. The van der Waals surface area contributed by atoms with Crippen LogP contribution in [-0.4, -0.2) is 19.4 Å². The van der Waals surface area contributed by atoms with Gasteiger partial charge in [0.05, 0.1) is 19.8 Å². The quantitative estimate of drug-likeness (QED) is 0.311. The van der Waals surface area contributed by atoms with Crippen molar-refractivity contribution in [1.82, 2.24) is 0 Å². The molecule has 1 unspecified atom stereocenters. The summed E-state index contributed by atoms with van der Waals surface area (Å²) in [5, 5.41) is 0. The topological polar surface area (TPSA) is 27.7 Å². The van der Waals surface area contributed by atoms with Gasteiger partial charge in [-0.3, -0.25) is 0 Å². The van der Waals surface area contributed by atoms with Crippen molar-refractivity contribution < 1.29 is 40.6 Å². The van der Waals surface area contributed by atoms with Crippen LogP contribution in [0.1, 0.15) is 24.0 Å². The SMILES string of the molecule is CCOc1ccc(C(COCc2ccc(F)c(Oc3ccc(F)cc3F)c2)C(F)(F)F)cc1. The fourth-order valence-electron chi connectivity index (χ4n) is 3.03. The normalized spacial score (nSPS) is 12.5. The fraction of sp³-hybridized carbons (Fsp3) is 0.250. The number of hydrogen-bond acceptors (Lipinski definition) is 3. The second-order valence-corrected chi connectivity index (χ2v) is 7.05. The van der Waals surface area contributed by atoms with E-state index in [1.807, 2.05) is 0 Å². The second-order valence-electron chi connectivity index (χ2n) is 7.05. The Morgan fingerprint density at radius 2 is 1.55 bits per heavy atom. The maximum atomic E-state index is 14.1. The van der Waals surface area contributed by atoms with Crippen LogP contribution in [0.5, 0.6) is 17.2 Å². The molecule has 3 nitrogen and oxygen atoms in total. The van der Waals surface area contributed by atoms with E-state index in [1.165, 1.54) is 36.4 Å². The summed E-state index contributed by atoms with van der Waals surface area (Å²) in [5.41, 5.74) is 0.322. The van der Waals surface area contributed by atoms with E-state index in [1.54, 1.807) is 6.92 Å². The van der Waals surface area contributed by atoms with Gasteiger partial charge in [0.15, 0.2) is 23.1 Å². The van der Waals surface area contributed by atoms with E-state index in [0.29, 0.717) is 24.0 Å². The molecule has 9 heteroatoms. The van der Waals surface area contributed by atoms with Crippen molar-refractivity contribution in [1.29, 1.82) is 0 Å². The van der Waals surface area contributed by atoms with Gasteiger partial charge in [-0.1, -0.05) is 18.2 Å². The van der Waals surface area contributed by atoms with Crippen molar-refractivity contribution in [2.24, 2.45) is 0 Å². The van der Waals surface area contributed by atoms with Crippen LogP contribution < -0.4 is 9.47 Å². The van der Waals surface area contributed by atoms with Crippen molar-refractivity contribution in [2.45, 2.75) is 25.6 Å². The Labute approximate surface area is 186 Å². The molecule has 0 spiro atoms. The fourth-order valence-corrected chi connectivity index (χ4v) is 3.03. The third kappa shape index (κ3) is 6.64. The van der Waals surface area contributed by atoms with Gasteiger partial charge in [0.2, 0.25) is 0 Å². The largest absolute Gasteiger partial charge is 0.494 e. The van der Waals surface area contributed by atoms with E-state index in [-0.39, 0.29) is 17.9 Å². The Morgan fingerprint density at radius 3 is 2.18 bits per heavy atom. The van der Waals surface area contributed by atoms with Gasteiger partial charge >= 0.3 is 6.18 Å². The summed E-state index contributed by atoms with van der Waals surface area (Å²) in [7, 11) is 0. The van der Waals surface area contributed by atoms with Crippen molar-refractivity contribution in [3.63, 3.8) is 0 Å². The van der Waals surface area contributed by atoms with E-state index < -0.39 is 41.9 Å². The molecule has 0 amide bonds. The summed E-state index contributed by atoms with van der Waals surface area (Å²) in [4.78, 5) is 0. The summed E-state index contributed by atoms with van der Waals surface area (Å²) >= 11 is 0. The molecule has 0 fully saturated rings. The minimum atomic E-state index is -4.55. The third-order valence-corrected chi connectivity index (χ3v) is 4.65. The van der Waals surface area contributed by atoms with Gasteiger partial charge in [-0.25, -0.2) is 13.2 Å². The average molecular weight is 470 g/mol. The smallest absolute Gasteiger partial charge is 0.397 e.